The Balaban J connectivity index is 1.43. The van der Waals surface area contributed by atoms with E-state index in [4.69, 9.17) is 16.3 Å². The minimum absolute atomic E-state index is 0.0428. The van der Waals surface area contributed by atoms with E-state index in [2.05, 4.69) is 11.0 Å². The standard InChI is InChI=1S/C19H21ClN2O2/c20-17-6-4-5-16(13-17)14-21-9-11-22(12-10-21)19(23)15-24-18-7-2-1-3-8-18/h1-8,13H,9-12,14-15H2. The van der Waals surface area contributed by atoms with Crippen molar-refractivity contribution in [1.29, 1.82) is 0 Å². The summed E-state index contributed by atoms with van der Waals surface area (Å²) in [6.45, 7) is 4.16. The number of rotatable bonds is 5. The van der Waals surface area contributed by atoms with Crippen LogP contribution in [0, 0.1) is 0 Å². The van der Waals surface area contributed by atoms with Crippen molar-refractivity contribution in [2.45, 2.75) is 6.54 Å². The summed E-state index contributed by atoms with van der Waals surface area (Å²) in [6, 6.07) is 17.4. The van der Waals surface area contributed by atoms with Crippen LogP contribution in [0.15, 0.2) is 54.6 Å². The molecule has 2 aromatic carbocycles. The lowest BCUT2D eigenvalue weighted by molar-refractivity contribution is -0.135. The quantitative estimate of drug-likeness (QED) is 0.835. The monoisotopic (exact) mass is 344 g/mol. The van der Waals surface area contributed by atoms with E-state index in [1.165, 1.54) is 5.56 Å². The van der Waals surface area contributed by atoms with Crippen LogP contribution in [0.1, 0.15) is 5.56 Å². The molecule has 0 aromatic heterocycles. The van der Waals surface area contributed by atoms with Crippen LogP contribution in [-0.4, -0.2) is 48.5 Å². The summed E-state index contributed by atoms with van der Waals surface area (Å²) in [4.78, 5) is 16.5. The fraction of sp³-hybridized carbons (Fsp3) is 0.316. The molecule has 0 aliphatic carbocycles. The molecule has 0 bridgehead atoms. The molecule has 0 radical (unpaired) electrons. The lowest BCUT2D eigenvalue weighted by Gasteiger charge is -2.34. The first-order valence-corrected chi connectivity index (χ1v) is 8.51. The minimum atomic E-state index is 0.0428. The number of ether oxygens (including phenoxy) is 1. The summed E-state index contributed by atoms with van der Waals surface area (Å²) in [6.07, 6.45) is 0. The van der Waals surface area contributed by atoms with Crippen LogP contribution in [0.4, 0.5) is 0 Å². The van der Waals surface area contributed by atoms with Crippen molar-refractivity contribution in [2.75, 3.05) is 32.8 Å². The van der Waals surface area contributed by atoms with Crippen LogP contribution >= 0.6 is 11.6 Å². The van der Waals surface area contributed by atoms with Gasteiger partial charge in [-0.2, -0.15) is 0 Å². The molecule has 0 spiro atoms. The van der Waals surface area contributed by atoms with Crippen molar-refractivity contribution in [3.63, 3.8) is 0 Å². The van der Waals surface area contributed by atoms with E-state index >= 15 is 0 Å². The first-order chi connectivity index (χ1) is 11.7. The van der Waals surface area contributed by atoms with Gasteiger partial charge >= 0.3 is 0 Å². The molecule has 1 amide bonds. The third-order valence-electron chi connectivity index (χ3n) is 4.13. The zero-order valence-corrected chi connectivity index (χ0v) is 14.3. The molecule has 1 fully saturated rings. The van der Waals surface area contributed by atoms with Gasteiger partial charge in [-0.25, -0.2) is 0 Å². The second-order valence-electron chi connectivity index (χ2n) is 5.89. The molecule has 1 heterocycles. The van der Waals surface area contributed by atoms with Gasteiger partial charge in [-0.15, -0.1) is 0 Å². The Morgan fingerprint density at radius 3 is 2.46 bits per heavy atom. The highest BCUT2D eigenvalue weighted by atomic mass is 35.5. The number of carbonyl (C=O) groups is 1. The van der Waals surface area contributed by atoms with Crippen molar-refractivity contribution in [3.8, 4) is 5.75 Å². The molecule has 2 aromatic rings. The Hall–Kier alpha value is -2.04. The molecule has 0 atom stereocenters. The third kappa shape index (κ3) is 4.73. The summed E-state index contributed by atoms with van der Waals surface area (Å²) in [7, 11) is 0. The maximum atomic E-state index is 12.2. The Bertz CT molecular complexity index is 670. The van der Waals surface area contributed by atoms with Crippen molar-refractivity contribution in [1.82, 2.24) is 9.80 Å². The summed E-state index contributed by atoms with van der Waals surface area (Å²) in [5, 5.41) is 0.763. The molecule has 0 N–H and O–H groups in total. The summed E-state index contributed by atoms with van der Waals surface area (Å²) < 4.78 is 5.54. The predicted octanol–water partition coefficient (Wildman–Crippen LogP) is 3.06. The Kier molecular flexibility index (Phi) is 5.72. The van der Waals surface area contributed by atoms with E-state index in [0.29, 0.717) is 0 Å². The van der Waals surface area contributed by atoms with Crippen molar-refractivity contribution in [3.05, 3.63) is 65.2 Å². The number of halogens is 1. The summed E-state index contributed by atoms with van der Waals surface area (Å²) in [5.74, 6) is 0.770. The normalized spacial score (nSPS) is 15.3. The van der Waals surface area contributed by atoms with Gasteiger partial charge in [0, 0.05) is 37.7 Å². The Morgan fingerprint density at radius 2 is 1.75 bits per heavy atom. The Labute approximate surface area is 147 Å². The van der Waals surface area contributed by atoms with E-state index in [-0.39, 0.29) is 12.5 Å². The van der Waals surface area contributed by atoms with Crippen LogP contribution in [0.2, 0.25) is 5.02 Å². The maximum Gasteiger partial charge on any atom is 0.260 e. The highest BCUT2D eigenvalue weighted by molar-refractivity contribution is 6.30. The van der Waals surface area contributed by atoms with E-state index in [1.807, 2.05) is 53.4 Å². The maximum absolute atomic E-state index is 12.2. The van der Waals surface area contributed by atoms with Crippen LogP contribution in [0.25, 0.3) is 0 Å². The molecular formula is C19H21ClN2O2. The fourth-order valence-corrected chi connectivity index (χ4v) is 3.01. The molecule has 1 saturated heterocycles. The van der Waals surface area contributed by atoms with Gasteiger partial charge < -0.3 is 9.64 Å². The van der Waals surface area contributed by atoms with Crippen LogP contribution in [-0.2, 0) is 11.3 Å². The zero-order valence-electron chi connectivity index (χ0n) is 13.5. The van der Waals surface area contributed by atoms with Crippen LogP contribution in [0.3, 0.4) is 0 Å². The molecule has 126 valence electrons. The smallest absolute Gasteiger partial charge is 0.260 e. The lowest BCUT2D eigenvalue weighted by atomic mass is 10.2. The van der Waals surface area contributed by atoms with Gasteiger partial charge in [0.1, 0.15) is 5.75 Å². The number of piperazine rings is 1. The molecule has 4 nitrogen and oxygen atoms in total. The SMILES string of the molecule is O=C(COc1ccccc1)N1CCN(Cc2cccc(Cl)c2)CC1. The van der Waals surface area contributed by atoms with Crippen molar-refractivity contribution >= 4 is 17.5 Å². The molecule has 24 heavy (non-hydrogen) atoms. The number of hydrogen-bond donors (Lipinski definition) is 0. The fourth-order valence-electron chi connectivity index (χ4n) is 2.80. The number of benzene rings is 2. The average molecular weight is 345 g/mol. The van der Waals surface area contributed by atoms with Crippen LogP contribution in [0.5, 0.6) is 5.75 Å². The van der Waals surface area contributed by atoms with E-state index in [1.54, 1.807) is 0 Å². The number of hydrogen-bond acceptors (Lipinski definition) is 3. The van der Waals surface area contributed by atoms with Gasteiger partial charge in [0.15, 0.2) is 6.61 Å². The largest absolute Gasteiger partial charge is 0.484 e. The van der Waals surface area contributed by atoms with Gasteiger partial charge in [0.25, 0.3) is 5.91 Å². The third-order valence-corrected chi connectivity index (χ3v) is 4.36. The van der Waals surface area contributed by atoms with E-state index in [9.17, 15) is 4.79 Å². The molecule has 5 heteroatoms. The number of nitrogens with zero attached hydrogens (tertiary/aromatic N) is 2. The molecule has 1 aliphatic rings. The zero-order chi connectivity index (χ0) is 16.8. The molecule has 1 aliphatic heterocycles. The van der Waals surface area contributed by atoms with Gasteiger partial charge in [-0.3, -0.25) is 9.69 Å². The Morgan fingerprint density at radius 1 is 1.00 bits per heavy atom. The van der Waals surface area contributed by atoms with Gasteiger partial charge in [0.2, 0.25) is 0 Å². The minimum Gasteiger partial charge on any atom is -0.484 e. The van der Waals surface area contributed by atoms with Gasteiger partial charge in [-0.1, -0.05) is 41.9 Å². The average Bonchev–Trinajstić information content (AvgIpc) is 2.61. The highest BCUT2D eigenvalue weighted by Gasteiger charge is 2.21. The molecule has 0 saturated carbocycles. The molecule has 3 rings (SSSR count). The van der Waals surface area contributed by atoms with E-state index < -0.39 is 0 Å². The second kappa shape index (κ2) is 8.18. The topological polar surface area (TPSA) is 32.8 Å². The predicted molar refractivity (Wildman–Crippen MR) is 95.2 cm³/mol. The second-order valence-corrected chi connectivity index (χ2v) is 6.33. The highest BCUT2D eigenvalue weighted by Crippen LogP contribution is 2.14. The molecular weight excluding hydrogens is 324 g/mol. The summed E-state index contributed by atoms with van der Waals surface area (Å²) in [5.41, 5.74) is 1.20. The van der Waals surface area contributed by atoms with Gasteiger partial charge in [-0.05, 0) is 29.8 Å². The lowest BCUT2D eigenvalue weighted by Crippen LogP contribution is -2.49. The van der Waals surface area contributed by atoms with Crippen molar-refractivity contribution < 1.29 is 9.53 Å². The summed E-state index contributed by atoms with van der Waals surface area (Å²) >= 11 is 6.03. The number of para-hydroxylation sites is 1. The van der Waals surface area contributed by atoms with Crippen LogP contribution < -0.4 is 4.74 Å². The van der Waals surface area contributed by atoms with E-state index in [0.717, 1.165) is 43.5 Å². The first-order valence-electron chi connectivity index (χ1n) is 8.13. The molecule has 0 unspecified atom stereocenters. The number of carbonyl (C=O) groups excluding carboxylic acids is 1. The number of amides is 1. The van der Waals surface area contributed by atoms with Crippen molar-refractivity contribution in [2.24, 2.45) is 0 Å². The first kappa shape index (κ1) is 16.8. The van der Waals surface area contributed by atoms with Gasteiger partial charge in [0.05, 0.1) is 0 Å².